The topological polar surface area (TPSA) is 252 Å². The Hall–Kier alpha value is -3.07. The highest BCUT2D eigenvalue weighted by Gasteiger charge is 2.29. The number of carbonyl (C=O) groups is 5. The van der Waals surface area contributed by atoms with Gasteiger partial charge in [0.05, 0.1) is 12.5 Å². The van der Waals surface area contributed by atoms with E-state index >= 15 is 0 Å². The van der Waals surface area contributed by atoms with E-state index in [2.05, 4.69) is 33.6 Å². The van der Waals surface area contributed by atoms with Crippen molar-refractivity contribution in [2.24, 2.45) is 22.2 Å². The molecule has 4 atom stereocenters. The summed E-state index contributed by atoms with van der Waals surface area (Å²) in [6, 6.07) is -4.97. The van der Waals surface area contributed by atoms with E-state index in [-0.39, 0.29) is 31.1 Å². The summed E-state index contributed by atoms with van der Waals surface area (Å²) >= 11 is 3.98. The number of amides is 3. The third-order valence-corrected chi connectivity index (χ3v) is 4.22. The van der Waals surface area contributed by atoms with Crippen LogP contribution in [0.1, 0.15) is 26.2 Å². The van der Waals surface area contributed by atoms with Crippen molar-refractivity contribution in [2.75, 3.05) is 12.3 Å². The molecule has 0 saturated carbocycles. The number of rotatable bonds is 14. The molecule has 11 N–H and O–H groups in total. The lowest BCUT2D eigenvalue weighted by molar-refractivity contribution is -0.141. The molecule has 0 fully saturated rings. The predicted octanol–water partition coefficient (Wildman–Crippen LogP) is -3.67. The van der Waals surface area contributed by atoms with Gasteiger partial charge in [0.1, 0.15) is 18.1 Å². The van der Waals surface area contributed by atoms with E-state index in [0.717, 1.165) is 0 Å². The van der Waals surface area contributed by atoms with Gasteiger partial charge in [-0.3, -0.25) is 29.0 Å². The molecular weight excluding hydrogens is 434 g/mol. The Morgan fingerprint density at radius 3 is 2.00 bits per heavy atom. The summed E-state index contributed by atoms with van der Waals surface area (Å²) in [7, 11) is 0. The van der Waals surface area contributed by atoms with E-state index in [4.69, 9.17) is 27.4 Å². The number of hydrogen-bond acceptors (Lipinski definition) is 8. The van der Waals surface area contributed by atoms with Crippen LogP contribution in [0, 0.1) is 0 Å². The Bertz CT molecular complexity index is 700. The van der Waals surface area contributed by atoms with Gasteiger partial charge < -0.3 is 43.4 Å². The predicted molar refractivity (Wildman–Crippen MR) is 113 cm³/mol. The first-order valence-corrected chi connectivity index (χ1v) is 9.79. The van der Waals surface area contributed by atoms with Gasteiger partial charge in [-0.15, -0.1) is 0 Å². The largest absolute Gasteiger partial charge is 0.481 e. The number of nitrogens with zero attached hydrogens (tertiary/aromatic N) is 1. The normalized spacial score (nSPS) is 14.3. The fraction of sp³-hybridized carbons (Fsp3) is 0.625. The van der Waals surface area contributed by atoms with Gasteiger partial charge in [-0.25, -0.2) is 0 Å². The second-order valence-electron chi connectivity index (χ2n) is 6.53. The summed E-state index contributed by atoms with van der Waals surface area (Å²) in [5.41, 5.74) is 16.0. The van der Waals surface area contributed by atoms with E-state index in [1.54, 1.807) is 0 Å². The third-order valence-electron chi connectivity index (χ3n) is 3.85. The number of guanidine groups is 1. The zero-order valence-corrected chi connectivity index (χ0v) is 17.8. The molecule has 0 aliphatic heterocycles. The van der Waals surface area contributed by atoms with Gasteiger partial charge in [-0.1, -0.05) is 0 Å². The van der Waals surface area contributed by atoms with Crippen LogP contribution in [-0.2, 0) is 24.0 Å². The van der Waals surface area contributed by atoms with Crippen molar-refractivity contribution in [3.8, 4) is 0 Å². The molecule has 0 aromatic carbocycles. The molecule has 0 heterocycles. The number of nitrogens with one attached hydrogen (secondary N) is 3. The van der Waals surface area contributed by atoms with Gasteiger partial charge in [0.25, 0.3) is 0 Å². The lowest BCUT2D eigenvalue weighted by atomic mass is 10.1. The van der Waals surface area contributed by atoms with Crippen LogP contribution in [0.5, 0.6) is 0 Å². The van der Waals surface area contributed by atoms with Crippen LogP contribution in [0.3, 0.4) is 0 Å². The SMILES string of the molecule is CC(NC(=O)C(CS)NC(=O)C(CCCN=C(N)N)NC(=O)C(N)CC(=O)O)C(=O)O. The summed E-state index contributed by atoms with van der Waals surface area (Å²) in [6.07, 6.45) is -0.346. The molecule has 0 rings (SSSR count). The minimum Gasteiger partial charge on any atom is -0.481 e. The summed E-state index contributed by atoms with van der Waals surface area (Å²) in [5.74, 6) is -5.32. The Morgan fingerprint density at radius 2 is 1.52 bits per heavy atom. The first-order chi connectivity index (χ1) is 14.4. The molecule has 0 spiro atoms. The van der Waals surface area contributed by atoms with Crippen LogP contribution in [0.2, 0.25) is 0 Å². The van der Waals surface area contributed by atoms with Gasteiger partial charge in [0.15, 0.2) is 5.96 Å². The van der Waals surface area contributed by atoms with Crippen molar-refractivity contribution in [2.45, 2.75) is 50.4 Å². The molecule has 0 aliphatic rings. The summed E-state index contributed by atoms with van der Waals surface area (Å²) < 4.78 is 0. The molecule has 14 nitrogen and oxygen atoms in total. The fourth-order valence-corrected chi connectivity index (χ4v) is 2.43. The number of carboxylic acids is 2. The van der Waals surface area contributed by atoms with Crippen LogP contribution in [0.4, 0.5) is 0 Å². The van der Waals surface area contributed by atoms with Crippen LogP contribution in [0.25, 0.3) is 0 Å². The summed E-state index contributed by atoms with van der Waals surface area (Å²) in [4.78, 5) is 62.3. The molecule has 0 aliphatic carbocycles. The molecule has 0 saturated heterocycles. The number of hydrogen-bond donors (Lipinski definition) is 9. The third kappa shape index (κ3) is 11.6. The van der Waals surface area contributed by atoms with Gasteiger partial charge in [0, 0.05) is 12.3 Å². The van der Waals surface area contributed by atoms with Gasteiger partial charge in [0.2, 0.25) is 17.7 Å². The van der Waals surface area contributed by atoms with E-state index in [0.29, 0.717) is 0 Å². The van der Waals surface area contributed by atoms with Crippen LogP contribution in [-0.4, -0.2) is 82.3 Å². The number of aliphatic carboxylic acids is 2. The quantitative estimate of drug-likeness (QED) is 0.0528. The lowest BCUT2D eigenvalue weighted by Gasteiger charge is -2.23. The Kier molecular flexibility index (Phi) is 12.6. The second kappa shape index (κ2) is 14.0. The Balaban J connectivity index is 5.24. The molecular formula is C16H29N7O7S. The highest BCUT2D eigenvalue weighted by molar-refractivity contribution is 7.80. The molecule has 15 heteroatoms. The molecule has 3 amide bonds. The fourth-order valence-electron chi connectivity index (χ4n) is 2.17. The maximum atomic E-state index is 12.6. The molecule has 0 aromatic heterocycles. The minimum absolute atomic E-state index is 0.0422. The van der Waals surface area contributed by atoms with Crippen LogP contribution < -0.4 is 33.2 Å². The number of thiol groups is 1. The number of carbonyl (C=O) groups excluding carboxylic acids is 3. The molecule has 0 aromatic rings. The average molecular weight is 464 g/mol. The summed E-state index contributed by atoms with van der Waals surface area (Å²) in [6.45, 7) is 1.39. The first-order valence-electron chi connectivity index (χ1n) is 9.16. The number of nitrogens with two attached hydrogens (primary N) is 3. The van der Waals surface area contributed by atoms with Crippen molar-refractivity contribution in [3.05, 3.63) is 0 Å². The maximum Gasteiger partial charge on any atom is 0.325 e. The second-order valence-corrected chi connectivity index (χ2v) is 6.89. The lowest BCUT2D eigenvalue weighted by Crippen LogP contribution is -2.57. The van der Waals surface area contributed by atoms with Crippen LogP contribution >= 0.6 is 12.6 Å². The van der Waals surface area contributed by atoms with E-state index in [1.807, 2.05) is 0 Å². The van der Waals surface area contributed by atoms with E-state index < -0.39 is 60.2 Å². The first kappa shape index (κ1) is 27.9. The Morgan fingerprint density at radius 1 is 0.968 bits per heavy atom. The van der Waals surface area contributed by atoms with E-state index in [9.17, 15) is 24.0 Å². The smallest absolute Gasteiger partial charge is 0.325 e. The molecule has 0 bridgehead atoms. The van der Waals surface area contributed by atoms with Crippen molar-refractivity contribution in [1.29, 1.82) is 0 Å². The van der Waals surface area contributed by atoms with Crippen molar-refractivity contribution in [3.63, 3.8) is 0 Å². The van der Waals surface area contributed by atoms with Crippen molar-refractivity contribution in [1.82, 2.24) is 16.0 Å². The standard InChI is InChI=1S/C16H29N7O7S/c1-7(15(29)30)21-14(28)10(6-31)23-13(27)9(3-2-4-20-16(18)19)22-12(26)8(17)5-11(24)25/h7-10,31H,2-6,17H2,1H3,(H,21,28)(H,22,26)(H,23,27)(H,24,25)(H,29,30)(H4,18,19,20). The zero-order chi connectivity index (χ0) is 24.1. The monoisotopic (exact) mass is 463 g/mol. The molecule has 4 unspecified atom stereocenters. The summed E-state index contributed by atoms with van der Waals surface area (Å²) in [5, 5.41) is 24.5. The highest BCUT2D eigenvalue weighted by atomic mass is 32.1. The number of aliphatic imine (C=N–C) groups is 1. The van der Waals surface area contributed by atoms with Gasteiger partial charge >= 0.3 is 11.9 Å². The van der Waals surface area contributed by atoms with Crippen molar-refractivity contribution >= 4 is 48.2 Å². The van der Waals surface area contributed by atoms with Crippen LogP contribution in [0.15, 0.2) is 4.99 Å². The Labute approximate surface area is 183 Å². The number of carboxylic acid groups (broad SMARTS) is 2. The highest BCUT2D eigenvalue weighted by Crippen LogP contribution is 2.02. The molecule has 0 radical (unpaired) electrons. The maximum absolute atomic E-state index is 12.6. The molecule has 31 heavy (non-hydrogen) atoms. The average Bonchev–Trinajstić information content (AvgIpc) is 2.66. The van der Waals surface area contributed by atoms with E-state index in [1.165, 1.54) is 6.92 Å². The zero-order valence-electron chi connectivity index (χ0n) is 16.9. The van der Waals surface area contributed by atoms with Gasteiger partial charge in [-0.05, 0) is 19.8 Å². The molecule has 176 valence electrons. The minimum atomic E-state index is -1.40. The van der Waals surface area contributed by atoms with Gasteiger partial charge in [-0.2, -0.15) is 12.6 Å². The van der Waals surface area contributed by atoms with Crippen molar-refractivity contribution < 1.29 is 34.2 Å².